The van der Waals surface area contributed by atoms with E-state index in [2.05, 4.69) is 4.74 Å². The first kappa shape index (κ1) is 23.0. The molecule has 1 rings (SSSR count). The maximum Gasteiger partial charge on any atom is 1.00 e. The molecule has 1 heterocycles. The van der Waals surface area contributed by atoms with Gasteiger partial charge in [0.05, 0.1) is 6.35 Å². The summed E-state index contributed by atoms with van der Waals surface area (Å²) in [4.78, 5) is 45.4. The number of nitrogens with one attached hydrogen (secondary N) is 1. The Morgan fingerprint density at radius 2 is 1.95 bits per heavy atom. The molecule has 9 nitrogen and oxygen atoms in total. The molecule has 0 aliphatic heterocycles. The summed E-state index contributed by atoms with van der Waals surface area (Å²) in [5.74, 6) is 0. The third-order valence-electron chi connectivity index (χ3n) is 1.95. The minimum atomic E-state index is -4.88. The van der Waals surface area contributed by atoms with Gasteiger partial charge in [0.2, 0.25) is 6.41 Å². The van der Waals surface area contributed by atoms with Gasteiger partial charge in [-0.3, -0.25) is 9.78 Å². The van der Waals surface area contributed by atoms with Crippen LogP contribution in [-0.2, 0) is 14.0 Å². The minimum Gasteiger partial charge on any atom is -0.809 e. The Kier molecular flexibility index (Phi) is 11.2. The average molecular weight is 324 g/mol. The first-order valence-electron chi connectivity index (χ1n) is 4.72. The van der Waals surface area contributed by atoms with Crippen LogP contribution in [0.3, 0.4) is 0 Å². The van der Waals surface area contributed by atoms with Crippen molar-refractivity contribution in [3.05, 3.63) is 32.6 Å². The van der Waals surface area contributed by atoms with Gasteiger partial charge in [-0.1, -0.05) is 0 Å². The second kappa shape index (κ2) is 9.70. The summed E-state index contributed by atoms with van der Waals surface area (Å²) >= 11 is 0. The molecule has 1 aromatic heterocycles. The Morgan fingerprint density at radius 1 is 1.40 bits per heavy atom. The van der Waals surface area contributed by atoms with Crippen LogP contribution in [0.2, 0.25) is 0 Å². The van der Waals surface area contributed by atoms with Crippen LogP contribution >= 0.6 is 7.60 Å². The molecule has 0 aromatic carbocycles. The maximum absolute atomic E-state index is 11.4. The van der Waals surface area contributed by atoms with Crippen molar-refractivity contribution in [3.63, 3.8) is 0 Å². The van der Waals surface area contributed by atoms with Crippen LogP contribution in [-0.4, -0.2) is 23.0 Å². The smallest absolute Gasteiger partial charge is 0.809 e. The number of methoxy groups -OCH3 is 1. The standard InChI is InChI=1S/C8H13N2O7P.2Na/c1-5-3-10(7(12)9-6(5)11)8(16-2)17-4-18(13,14)15;;/h3,8H,4H2,1-2H3,(H,9,11,12)(H2,13,14,15);;/q;2*+1/p-2. The summed E-state index contributed by atoms with van der Waals surface area (Å²) in [5, 5.41) is 0. The molecule has 0 aliphatic rings. The van der Waals surface area contributed by atoms with Gasteiger partial charge in [-0.25, -0.2) is 9.36 Å². The third-order valence-corrected chi connectivity index (χ3v) is 2.42. The predicted molar refractivity (Wildman–Crippen MR) is 55.7 cm³/mol. The molecule has 20 heavy (non-hydrogen) atoms. The van der Waals surface area contributed by atoms with Crippen molar-refractivity contribution in [3.8, 4) is 0 Å². The van der Waals surface area contributed by atoms with Crippen LogP contribution in [0, 0.1) is 6.92 Å². The van der Waals surface area contributed by atoms with Gasteiger partial charge in [-0.15, -0.1) is 0 Å². The molecule has 0 saturated carbocycles. The molecule has 0 radical (unpaired) electrons. The third kappa shape index (κ3) is 7.15. The number of H-pyrrole nitrogens is 1. The molecule has 0 saturated heterocycles. The average Bonchev–Trinajstić information content (AvgIpc) is 2.24. The maximum atomic E-state index is 11.4. The summed E-state index contributed by atoms with van der Waals surface area (Å²) in [6.07, 6.45) is -1.41. The topological polar surface area (TPSA) is 137 Å². The van der Waals surface area contributed by atoms with Crippen LogP contribution in [0.1, 0.15) is 12.0 Å². The fourth-order valence-corrected chi connectivity index (χ4v) is 1.47. The predicted octanol–water partition coefficient (Wildman–Crippen LogP) is -8.16. The number of rotatable bonds is 5. The quantitative estimate of drug-likeness (QED) is 0.323. The number of aryl methyl sites for hydroxylation is 1. The molecule has 0 amide bonds. The molecular formula is C8H11N2Na2O7P. The van der Waals surface area contributed by atoms with E-state index in [1.165, 1.54) is 6.92 Å². The van der Waals surface area contributed by atoms with Crippen molar-refractivity contribution in [1.82, 2.24) is 9.55 Å². The molecule has 1 aromatic rings. The van der Waals surface area contributed by atoms with Gasteiger partial charge < -0.3 is 23.8 Å². The summed E-state index contributed by atoms with van der Waals surface area (Å²) in [5.41, 5.74) is -1.22. The van der Waals surface area contributed by atoms with Crippen LogP contribution in [0.15, 0.2) is 15.8 Å². The van der Waals surface area contributed by atoms with Crippen LogP contribution in [0.5, 0.6) is 0 Å². The number of ether oxygens (including phenoxy) is 2. The van der Waals surface area contributed by atoms with Crippen LogP contribution < -0.4 is 80.2 Å². The molecule has 1 unspecified atom stereocenters. The Bertz CT molecular complexity index is 581. The Hall–Kier alpha value is 0.750. The van der Waals surface area contributed by atoms with E-state index in [-0.39, 0.29) is 64.7 Å². The molecule has 12 heteroatoms. The van der Waals surface area contributed by atoms with E-state index < -0.39 is 31.6 Å². The zero-order valence-corrected chi connectivity index (χ0v) is 16.5. The summed E-state index contributed by atoms with van der Waals surface area (Å²) in [7, 11) is -3.73. The molecule has 0 aliphatic carbocycles. The Morgan fingerprint density at radius 3 is 2.40 bits per heavy atom. The van der Waals surface area contributed by atoms with Crippen LogP contribution in [0.4, 0.5) is 0 Å². The number of aromatic nitrogens is 2. The second-order valence-corrected chi connectivity index (χ2v) is 4.91. The fourth-order valence-electron chi connectivity index (χ4n) is 1.16. The number of aromatic amines is 1. The van der Waals surface area contributed by atoms with E-state index in [1.807, 2.05) is 4.98 Å². The van der Waals surface area contributed by atoms with Crippen molar-refractivity contribution in [2.45, 2.75) is 13.3 Å². The van der Waals surface area contributed by atoms with Gasteiger partial charge >= 0.3 is 64.8 Å². The molecular weight excluding hydrogens is 313 g/mol. The van der Waals surface area contributed by atoms with Gasteiger partial charge in [0.1, 0.15) is 0 Å². The number of nitrogens with zero attached hydrogens (tertiary/aromatic N) is 1. The van der Waals surface area contributed by atoms with Crippen molar-refractivity contribution >= 4 is 7.60 Å². The van der Waals surface area contributed by atoms with Crippen LogP contribution in [0.25, 0.3) is 0 Å². The van der Waals surface area contributed by atoms with Gasteiger partial charge in [0.15, 0.2) is 0 Å². The van der Waals surface area contributed by atoms with Crippen molar-refractivity contribution in [2.75, 3.05) is 13.5 Å². The van der Waals surface area contributed by atoms with Gasteiger partial charge in [0, 0.05) is 18.9 Å². The fraction of sp³-hybridized carbons (Fsp3) is 0.500. The molecule has 0 spiro atoms. The Balaban J connectivity index is 0. The normalized spacial score (nSPS) is 12.2. The first-order chi connectivity index (χ1) is 8.24. The zero-order valence-electron chi connectivity index (χ0n) is 11.6. The van der Waals surface area contributed by atoms with E-state index in [4.69, 9.17) is 4.74 Å². The zero-order chi connectivity index (χ0) is 13.9. The molecule has 0 bridgehead atoms. The SMILES string of the molecule is COC(OCP(=O)([O-])[O-])n1cc(C)c(=O)[nH]c1=O.[Na+].[Na+]. The number of hydrogen-bond acceptors (Lipinski definition) is 7. The minimum absolute atomic E-state index is 0. The van der Waals surface area contributed by atoms with E-state index in [0.29, 0.717) is 0 Å². The van der Waals surface area contributed by atoms with E-state index >= 15 is 0 Å². The molecule has 1 atom stereocenters. The summed E-state index contributed by atoms with van der Waals surface area (Å²) in [6.45, 7) is 1.44. The van der Waals surface area contributed by atoms with Crippen molar-refractivity contribution < 1.29 is 82.9 Å². The molecule has 0 fully saturated rings. The van der Waals surface area contributed by atoms with E-state index in [9.17, 15) is 23.9 Å². The second-order valence-electron chi connectivity index (χ2n) is 3.43. The largest absolute Gasteiger partial charge is 1.00 e. The monoisotopic (exact) mass is 324 g/mol. The summed E-state index contributed by atoms with van der Waals surface area (Å²) in [6, 6.07) is 0. The Labute approximate surface area is 158 Å². The summed E-state index contributed by atoms with van der Waals surface area (Å²) < 4.78 is 20.6. The molecule has 1 N–H and O–H groups in total. The van der Waals surface area contributed by atoms with E-state index in [0.717, 1.165) is 17.9 Å². The van der Waals surface area contributed by atoms with Crippen molar-refractivity contribution in [1.29, 1.82) is 0 Å². The first-order valence-corrected chi connectivity index (χ1v) is 6.45. The van der Waals surface area contributed by atoms with Gasteiger partial charge in [-0.2, -0.15) is 0 Å². The van der Waals surface area contributed by atoms with E-state index in [1.54, 1.807) is 0 Å². The molecule has 102 valence electrons. The van der Waals surface area contributed by atoms with Crippen molar-refractivity contribution in [2.24, 2.45) is 0 Å². The number of hydrogen-bond donors (Lipinski definition) is 1. The van der Waals surface area contributed by atoms with Gasteiger partial charge in [0.25, 0.3) is 5.56 Å². The van der Waals surface area contributed by atoms with Gasteiger partial charge in [-0.05, 0) is 14.5 Å².